The zero-order valence-corrected chi connectivity index (χ0v) is 31.5. The zero-order chi connectivity index (χ0) is 39.1. The third-order valence-electron chi connectivity index (χ3n) is 9.07. The van der Waals surface area contributed by atoms with E-state index in [2.05, 4.69) is 23.8 Å². The molecule has 0 aliphatic heterocycles. The minimum atomic E-state index is -0.747. The Hall–Kier alpha value is -5.51. The average Bonchev–Trinajstić information content (AvgIpc) is 3.21. The van der Waals surface area contributed by atoms with Crippen molar-refractivity contribution in [3.8, 4) is 5.75 Å². The third-order valence-corrected chi connectivity index (χ3v) is 9.07. The molecule has 4 rings (SSSR count). The van der Waals surface area contributed by atoms with E-state index in [1.807, 2.05) is 115 Å². The van der Waals surface area contributed by atoms with Gasteiger partial charge in [0.15, 0.2) is 0 Å². The normalized spacial score (nSPS) is 13.0. The number of carbonyl (C=O) groups is 3. The van der Waals surface area contributed by atoms with Crippen molar-refractivity contribution < 1.29 is 33.7 Å². The molecule has 0 radical (unpaired) electrons. The van der Waals surface area contributed by atoms with Crippen LogP contribution in [0.4, 0.5) is 0 Å². The number of ether oxygens (including phenoxy) is 3. The van der Waals surface area contributed by atoms with Crippen molar-refractivity contribution in [3.05, 3.63) is 163 Å². The number of allylic oxidation sites excluding steroid dienone is 2. The highest BCUT2D eigenvalue weighted by atomic mass is 16.5. The fraction of sp³-hybridized carbons (Fsp3) is 0.326. The van der Waals surface area contributed by atoms with E-state index in [4.69, 9.17) is 14.2 Å². The highest BCUT2D eigenvalue weighted by Gasteiger charge is 2.27. The molecule has 9 heteroatoms. The Kier molecular flexibility index (Phi) is 18.4. The summed E-state index contributed by atoms with van der Waals surface area (Å²) in [6, 6.07) is 35.6. The number of nitrogens with one attached hydrogen (secondary N) is 2. The minimum Gasteiger partial charge on any atom is -0.489 e. The van der Waals surface area contributed by atoms with Crippen LogP contribution in [0.25, 0.3) is 0 Å². The third kappa shape index (κ3) is 15.8. The molecule has 4 unspecified atom stereocenters. The quantitative estimate of drug-likeness (QED) is 0.0496. The standard InChI is InChI=1S/C46H54N2O7/c1-3-5-22-40(27-35-16-9-6-10-17-35)46(52)55-34-42(33-53-31-37-18-11-7-12-19-37)48-45(51)39(15-4-2)29-44(50)47-41(30-49)28-36-23-25-43(26-24-36)54-32-38-20-13-8-14-21-38/h3-4,6-14,16-21,23-26,39-42,49H,1-2,5,15,22,27-34H2,(H,47,50)(H,48,51). The molecule has 0 heterocycles. The largest absolute Gasteiger partial charge is 0.489 e. The summed E-state index contributed by atoms with van der Waals surface area (Å²) in [7, 11) is 0. The minimum absolute atomic E-state index is 0.0829. The van der Waals surface area contributed by atoms with Crippen molar-refractivity contribution in [2.24, 2.45) is 11.8 Å². The van der Waals surface area contributed by atoms with Crippen LogP contribution in [0, 0.1) is 11.8 Å². The molecule has 0 spiro atoms. The molecule has 0 bridgehead atoms. The zero-order valence-electron chi connectivity index (χ0n) is 31.5. The summed E-state index contributed by atoms with van der Waals surface area (Å²) in [5, 5.41) is 16.0. The summed E-state index contributed by atoms with van der Waals surface area (Å²) < 4.78 is 17.7. The Morgan fingerprint density at radius 3 is 1.85 bits per heavy atom. The van der Waals surface area contributed by atoms with E-state index in [9.17, 15) is 19.5 Å². The smallest absolute Gasteiger partial charge is 0.309 e. The molecule has 4 aromatic carbocycles. The number of aliphatic hydroxyl groups is 1. The van der Waals surface area contributed by atoms with E-state index in [1.165, 1.54) is 0 Å². The number of esters is 1. The maximum absolute atomic E-state index is 13.7. The fourth-order valence-corrected chi connectivity index (χ4v) is 6.07. The molecule has 55 heavy (non-hydrogen) atoms. The van der Waals surface area contributed by atoms with Crippen LogP contribution >= 0.6 is 0 Å². The number of aliphatic hydroxyl groups excluding tert-OH is 1. The lowest BCUT2D eigenvalue weighted by atomic mass is 9.95. The van der Waals surface area contributed by atoms with Gasteiger partial charge in [0.25, 0.3) is 0 Å². The molecule has 290 valence electrons. The van der Waals surface area contributed by atoms with Gasteiger partial charge >= 0.3 is 5.97 Å². The van der Waals surface area contributed by atoms with Crippen LogP contribution in [-0.4, -0.2) is 54.8 Å². The first-order valence-electron chi connectivity index (χ1n) is 18.9. The Bertz CT molecular complexity index is 1730. The maximum atomic E-state index is 13.7. The van der Waals surface area contributed by atoms with E-state index in [0.717, 1.165) is 22.3 Å². The second-order valence-electron chi connectivity index (χ2n) is 13.6. The van der Waals surface area contributed by atoms with E-state index in [0.29, 0.717) is 44.6 Å². The highest BCUT2D eigenvalue weighted by Crippen LogP contribution is 2.19. The number of carbonyl (C=O) groups excluding carboxylic acids is 3. The predicted octanol–water partition coefficient (Wildman–Crippen LogP) is 6.94. The molecule has 0 fully saturated rings. The molecule has 0 saturated carbocycles. The van der Waals surface area contributed by atoms with Crippen LogP contribution in [0.5, 0.6) is 5.75 Å². The topological polar surface area (TPSA) is 123 Å². The van der Waals surface area contributed by atoms with Crippen LogP contribution < -0.4 is 15.4 Å². The molecule has 4 aromatic rings. The molecule has 4 atom stereocenters. The van der Waals surface area contributed by atoms with Gasteiger partial charge in [-0.2, -0.15) is 0 Å². The van der Waals surface area contributed by atoms with Gasteiger partial charge in [-0.25, -0.2) is 0 Å². The van der Waals surface area contributed by atoms with Crippen molar-refractivity contribution in [1.29, 1.82) is 0 Å². The van der Waals surface area contributed by atoms with Gasteiger partial charge in [-0.1, -0.05) is 115 Å². The van der Waals surface area contributed by atoms with Gasteiger partial charge in [0, 0.05) is 6.42 Å². The summed E-state index contributed by atoms with van der Waals surface area (Å²) in [6.07, 6.45) is 5.65. The first-order valence-corrected chi connectivity index (χ1v) is 18.9. The van der Waals surface area contributed by atoms with Crippen molar-refractivity contribution in [3.63, 3.8) is 0 Å². The van der Waals surface area contributed by atoms with E-state index in [1.54, 1.807) is 12.2 Å². The summed E-state index contributed by atoms with van der Waals surface area (Å²) >= 11 is 0. The lowest BCUT2D eigenvalue weighted by Gasteiger charge is -2.24. The van der Waals surface area contributed by atoms with E-state index >= 15 is 0 Å². The molecule has 0 aromatic heterocycles. The van der Waals surface area contributed by atoms with Gasteiger partial charge in [-0.3, -0.25) is 14.4 Å². The van der Waals surface area contributed by atoms with Crippen molar-refractivity contribution >= 4 is 17.8 Å². The monoisotopic (exact) mass is 746 g/mol. The van der Waals surface area contributed by atoms with Gasteiger partial charge in [0.1, 0.15) is 19.0 Å². The second kappa shape index (κ2) is 24.0. The maximum Gasteiger partial charge on any atom is 0.309 e. The molecular weight excluding hydrogens is 693 g/mol. The van der Waals surface area contributed by atoms with Gasteiger partial charge in [-0.15, -0.1) is 13.2 Å². The SMILES string of the molecule is C=CCCC(Cc1ccccc1)C(=O)OCC(COCc1ccccc1)NC(=O)C(CC=C)CC(=O)NC(CO)Cc1ccc(OCc2ccccc2)cc1. The van der Waals surface area contributed by atoms with E-state index in [-0.39, 0.29) is 50.5 Å². The van der Waals surface area contributed by atoms with Gasteiger partial charge in [0.05, 0.1) is 43.7 Å². The van der Waals surface area contributed by atoms with Crippen LogP contribution in [0.2, 0.25) is 0 Å². The molecule has 0 saturated heterocycles. The molecule has 9 nitrogen and oxygen atoms in total. The Labute approximate surface area is 325 Å². The first-order chi connectivity index (χ1) is 26.9. The fourth-order valence-electron chi connectivity index (χ4n) is 6.07. The molecule has 0 aliphatic rings. The number of rotatable bonds is 25. The highest BCUT2D eigenvalue weighted by molar-refractivity contribution is 5.86. The Balaban J connectivity index is 1.34. The number of hydrogen-bond acceptors (Lipinski definition) is 7. The summed E-state index contributed by atoms with van der Waals surface area (Å²) in [6.45, 7) is 8.06. The molecule has 0 aliphatic carbocycles. The second-order valence-corrected chi connectivity index (χ2v) is 13.6. The molecule has 2 amide bonds. The van der Waals surface area contributed by atoms with Crippen LogP contribution in [0.3, 0.4) is 0 Å². The van der Waals surface area contributed by atoms with Gasteiger partial charge in [-0.05, 0) is 66.5 Å². The van der Waals surface area contributed by atoms with Crippen LogP contribution in [-0.2, 0) is 49.9 Å². The molecule has 3 N–H and O–H groups in total. The van der Waals surface area contributed by atoms with Crippen molar-refractivity contribution in [2.75, 3.05) is 19.8 Å². The lowest BCUT2D eigenvalue weighted by Crippen LogP contribution is -2.46. The Morgan fingerprint density at radius 2 is 1.25 bits per heavy atom. The average molecular weight is 747 g/mol. The van der Waals surface area contributed by atoms with Crippen molar-refractivity contribution in [2.45, 2.75) is 63.8 Å². The predicted molar refractivity (Wildman–Crippen MR) is 215 cm³/mol. The lowest BCUT2D eigenvalue weighted by molar-refractivity contribution is -0.150. The van der Waals surface area contributed by atoms with Crippen LogP contribution in [0.15, 0.2) is 141 Å². The Morgan fingerprint density at radius 1 is 0.655 bits per heavy atom. The van der Waals surface area contributed by atoms with Crippen molar-refractivity contribution in [1.82, 2.24) is 10.6 Å². The molecular formula is C46H54N2O7. The summed E-state index contributed by atoms with van der Waals surface area (Å²) in [5.74, 6) is -1.54. The van der Waals surface area contributed by atoms with Gasteiger partial charge in [0.2, 0.25) is 11.8 Å². The number of benzene rings is 4. The van der Waals surface area contributed by atoms with E-state index < -0.39 is 23.9 Å². The number of amides is 2. The first kappa shape index (κ1) is 42.2. The summed E-state index contributed by atoms with van der Waals surface area (Å²) in [4.78, 5) is 40.3. The van der Waals surface area contributed by atoms with Crippen LogP contribution in [0.1, 0.15) is 47.9 Å². The van der Waals surface area contributed by atoms with Gasteiger partial charge < -0.3 is 30.0 Å². The number of hydrogen-bond donors (Lipinski definition) is 3. The summed E-state index contributed by atoms with van der Waals surface area (Å²) in [5.41, 5.74) is 3.97.